The maximum absolute atomic E-state index is 14.0. The molecule has 6 aliphatic rings. The second kappa shape index (κ2) is 34.9. The molecule has 6 aromatic carbocycles. The summed E-state index contributed by atoms with van der Waals surface area (Å²) in [4.78, 5) is 141. The van der Waals surface area contributed by atoms with Crippen LogP contribution in [0.25, 0.3) is 32.0 Å². The zero-order chi connectivity index (χ0) is 81.8. The van der Waals surface area contributed by atoms with Crippen molar-refractivity contribution in [2.24, 2.45) is 17.8 Å². The Morgan fingerprint density at radius 3 is 1.29 bits per heavy atom. The van der Waals surface area contributed by atoms with E-state index in [1.807, 2.05) is 182 Å². The highest BCUT2D eigenvalue weighted by atomic mass is 32.1. The summed E-state index contributed by atoms with van der Waals surface area (Å²) in [5.41, 5.74) is 15.3. The Balaban J connectivity index is 0.000000150. The molecular weight excluding hydrogens is 1500 g/mol. The zero-order valence-corrected chi connectivity index (χ0v) is 67.2. The molecular formula is C87H96N12O14S2. The standard InChI is InChI=1S/C30H34N4O4S.C29H32N4O5S.C28H30N4O5/c1-18(2)25(33-15-22-7-5-6-8-23(22)28(33)36)29(37)34-16-30(4,38)13-24(34)27(35)31-14-20-9-11-21(12-10-20)26-19(3)32-17-39-26;1-16(2)23(32-13-20-6-4-5-7-21(20)28(32)37)29(38)33-14-22(34)25(35)24(33)27(36)30-12-18-8-10-19(11-9-18)26-17(3)31-15-39-26;1-17(2)25(32-14-20-5-3-4-6-23(20)27(32)35)28(36)31-15-22(33)11-24(31)26(34)29-12-18-7-9-19(10-8-18)21-13-30-37-16-21/h5-12,17-18,24-25,38H,13-16H2,1-4H3,(H,31,35);4-11,15-16,22-25,34-35H,12-14H2,1-3H3,(H,30,36);3-10,13,16-17,22,24-25,33H,11-12,14-15H2,1-2H3,(H,29,34)/t24-,25-,30+;22-,23-,24-,25-;22-,24+,25+/m001/s1. The van der Waals surface area contributed by atoms with Crippen LogP contribution in [0.15, 0.2) is 174 Å². The summed E-state index contributed by atoms with van der Waals surface area (Å²) in [5, 5.41) is 54.8. The molecule has 0 unspecified atom stereocenters. The van der Waals surface area contributed by atoms with Gasteiger partial charge in [0.05, 0.1) is 69.3 Å². The lowest BCUT2D eigenvalue weighted by molar-refractivity contribution is -0.145. The number of aliphatic hydroxyl groups excluding tert-OH is 3. The van der Waals surface area contributed by atoms with E-state index in [1.54, 1.807) is 81.6 Å². The Hall–Kier alpha value is -11.1. The van der Waals surface area contributed by atoms with Gasteiger partial charge in [-0.1, -0.05) is 174 Å². The van der Waals surface area contributed by atoms with E-state index in [2.05, 4.69) is 31.1 Å². The number of aryl methyl sites for hydroxylation is 2. The number of nitrogens with one attached hydrogen (secondary N) is 3. The zero-order valence-electron chi connectivity index (χ0n) is 65.6. The van der Waals surface area contributed by atoms with Crippen molar-refractivity contribution in [3.63, 3.8) is 0 Å². The number of benzene rings is 6. The maximum atomic E-state index is 14.0. The van der Waals surface area contributed by atoms with Crippen molar-refractivity contribution in [1.82, 2.24) is 60.5 Å². The van der Waals surface area contributed by atoms with Crippen LogP contribution < -0.4 is 16.0 Å². The number of aliphatic hydroxyl groups is 4. The lowest BCUT2D eigenvalue weighted by Gasteiger charge is -2.35. The molecule has 6 aliphatic heterocycles. The number of hydrogen-bond donors (Lipinski definition) is 7. The van der Waals surface area contributed by atoms with Crippen LogP contribution in [0.1, 0.15) is 137 Å². The molecule has 9 amide bonds. The van der Waals surface area contributed by atoms with Crippen LogP contribution in [-0.2, 0) is 68.0 Å². The van der Waals surface area contributed by atoms with E-state index < -0.39 is 72.0 Å². The fourth-order valence-electron chi connectivity index (χ4n) is 16.3. The number of rotatable bonds is 21. The Labute approximate surface area is 675 Å². The summed E-state index contributed by atoms with van der Waals surface area (Å²) in [7, 11) is 0. The van der Waals surface area contributed by atoms with E-state index in [0.717, 1.165) is 76.8 Å². The minimum Gasteiger partial charge on any atom is -0.391 e. The van der Waals surface area contributed by atoms with Gasteiger partial charge < -0.3 is 70.3 Å². The second-order valence-corrected chi connectivity index (χ2v) is 33.3. The molecule has 15 rings (SSSR count). The fraction of sp³-hybridized carbons (Fsp3) is 0.379. The first-order valence-electron chi connectivity index (χ1n) is 38.7. The van der Waals surface area contributed by atoms with Crippen molar-refractivity contribution < 1.29 is 68.1 Å². The lowest BCUT2D eigenvalue weighted by atomic mass is 10.00. The van der Waals surface area contributed by atoms with Crippen LogP contribution in [-0.4, -0.2) is 198 Å². The van der Waals surface area contributed by atoms with Crippen molar-refractivity contribution >= 4 is 75.8 Å². The lowest BCUT2D eigenvalue weighted by Crippen LogP contribution is -2.57. The summed E-state index contributed by atoms with van der Waals surface area (Å²) in [5.74, 6) is -3.50. The second-order valence-electron chi connectivity index (χ2n) is 31.6. The quantitative estimate of drug-likeness (QED) is 0.0353. The first-order valence-corrected chi connectivity index (χ1v) is 40.5. The Kier molecular flexibility index (Phi) is 24.8. The maximum Gasteiger partial charge on any atom is 0.255 e. The van der Waals surface area contributed by atoms with Gasteiger partial charge in [-0.25, -0.2) is 9.97 Å². The minimum atomic E-state index is -1.44. The van der Waals surface area contributed by atoms with Crippen molar-refractivity contribution in [2.75, 3.05) is 19.6 Å². The summed E-state index contributed by atoms with van der Waals surface area (Å²) in [6.07, 6.45) is -0.0345. The number of thiazole rings is 2. The highest BCUT2D eigenvalue weighted by Crippen LogP contribution is 2.37. The number of β-amino-alcohol motifs (C(OH)–C–C–N with tert-alkyl or cyclic N) is 3. The van der Waals surface area contributed by atoms with E-state index in [1.165, 1.54) is 19.6 Å². The third kappa shape index (κ3) is 17.6. The number of amides is 9. The molecule has 7 N–H and O–H groups in total. The molecule has 600 valence electrons. The van der Waals surface area contributed by atoms with Gasteiger partial charge in [0.15, 0.2) is 0 Å². The molecule has 10 atom stereocenters. The highest BCUT2D eigenvalue weighted by Gasteiger charge is 2.53. The topological polar surface area (TPSA) is 342 Å². The minimum absolute atomic E-state index is 0.0328. The Morgan fingerprint density at radius 2 is 0.896 bits per heavy atom. The van der Waals surface area contributed by atoms with Gasteiger partial charge in [0.1, 0.15) is 48.6 Å². The van der Waals surface area contributed by atoms with E-state index >= 15 is 0 Å². The molecule has 0 saturated carbocycles. The third-order valence-corrected chi connectivity index (χ3v) is 24.2. The van der Waals surface area contributed by atoms with Gasteiger partial charge in [0.25, 0.3) is 17.7 Å². The number of aromatic nitrogens is 3. The average Bonchev–Trinajstić information content (AvgIpc) is 1.65. The first kappa shape index (κ1) is 81.9. The predicted molar refractivity (Wildman–Crippen MR) is 431 cm³/mol. The third-order valence-electron chi connectivity index (χ3n) is 22.2. The van der Waals surface area contributed by atoms with Crippen LogP contribution in [0.5, 0.6) is 0 Å². The molecule has 0 radical (unpaired) electrons. The highest BCUT2D eigenvalue weighted by molar-refractivity contribution is 7.13. The molecule has 0 spiro atoms. The summed E-state index contributed by atoms with van der Waals surface area (Å²) in [6, 6.07) is 40.1. The van der Waals surface area contributed by atoms with Gasteiger partial charge in [-0.3, -0.25) is 43.2 Å². The normalized spacial score (nSPS) is 20.9. The number of hydrogen-bond acceptors (Lipinski definition) is 19. The predicted octanol–water partition coefficient (Wildman–Crippen LogP) is 8.72. The van der Waals surface area contributed by atoms with Gasteiger partial charge in [0, 0.05) is 80.9 Å². The first-order chi connectivity index (χ1) is 55.1. The number of likely N-dealkylation sites (tertiary alicyclic amines) is 3. The summed E-state index contributed by atoms with van der Waals surface area (Å²) in [6.45, 7) is 18.5. The number of nitrogens with zero attached hydrogens (tertiary/aromatic N) is 9. The van der Waals surface area contributed by atoms with Gasteiger partial charge in [-0.15, -0.1) is 22.7 Å². The number of fused-ring (bicyclic) bond motifs is 3. The van der Waals surface area contributed by atoms with E-state index in [9.17, 15) is 63.6 Å². The van der Waals surface area contributed by atoms with Gasteiger partial charge in [0.2, 0.25) is 35.4 Å². The SMILES string of the molecule is CC(C)[C@@H](C(=O)N1C[C@H](O)C[C@H]1C(=O)NCc1ccc(-c2cnoc2)cc1)N1Cc2ccccc2C1=O.Cc1ncsc1-c1ccc(CNC(=O)[C@@H]2C[C@@](C)(O)CN2C(=O)[C@H](C(C)C)N2Cc3ccccc3C2=O)cc1.Cc1ncsc1-c1ccc(CNC(=O)[C@@H]2[C@@H](O)[C@@H](O)CN2C(=O)[C@H](C(C)C)N2Cc3ccccc3C2=O)cc1. The number of carbonyl (C=O) groups is 9. The molecule has 0 aliphatic carbocycles. The number of carbonyl (C=O) groups excluding carboxylic acids is 9. The summed E-state index contributed by atoms with van der Waals surface area (Å²) >= 11 is 3.15. The molecule has 26 nitrogen and oxygen atoms in total. The van der Waals surface area contributed by atoms with E-state index in [-0.39, 0.29) is 111 Å². The van der Waals surface area contributed by atoms with Crippen molar-refractivity contribution in [3.8, 4) is 32.0 Å². The van der Waals surface area contributed by atoms with E-state index in [4.69, 9.17) is 4.52 Å². The van der Waals surface area contributed by atoms with E-state index in [0.29, 0.717) is 36.3 Å². The molecule has 9 aromatic rings. The Bertz CT molecular complexity index is 4980. The molecule has 3 saturated heterocycles. The largest absolute Gasteiger partial charge is 0.391 e. The van der Waals surface area contributed by atoms with Gasteiger partial charge in [-0.2, -0.15) is 0 Å². The van der Waals surface area contributed by atoms with Crippen LogP contribution in [0.2, 0.25) is 0 Å². The fourth-order valence-corrected chi connectivity index (χ4v) is 17.9. The molecule has 115 heavy (non-hydrogen) atoms. The van der Waals surface area contributed by atoms with Crippen molar-refractivity contribution in [3.05, 3.63) is 231 Å². The monoisotopic (exact) mass is 1600 g/mol. The molecule has 0 bridgehead atoms. The van der Waals surface area contributed by atoms with Crippen LogP contribution in [0.3, 0.4) is 0 Å². The molecule has 28 heteroatoms. The molecule has 9 heterocycles. The van der Waals surface area contributed by atoms with Crippen molar-refractivity contribution in [1.29, 1.82) is 0 Å². The Morgan fingerprint density at radius 1 is 0.504 bits per heavy atom. The molecule has 3 fully saturated rings. The van der Waals surface area contributed by atoms with Crippen molar-refractivity contribution in [2.45, 2.75) is 175 Å². The average molecular weight is 1600 g/mol. The molecule has 3 aromatic heterocycles. The van der Waals surface area contributed by atoms with Crippen LogP contribution in [0.4, 0.5) is 0 Å². The van der Waals surface area contributed by atoms with Crippen LogP contribution >= 0.6 is 22.7 Å². The van der Waals surface area contributed by atoms with Crippen LogP contribution in [0, 0.1) is 31.6 Å². The smallest absolute Gasteiger partial charge is 0.255 e. The van der Waals surface area contributed by atoms with Gasteiger partial charge in [-0.05, 0) is 107 Å². The summed E-state index contributed by atoms with van der Waals surface area (Å²) < 4.78 is 4.88. The van der Waals surface area contributed by atoms with Gasteiger partial charge >= 0.3 is 0 Å².